The van der Waals surface area contributed by atoms with Crippen LogP contribution < -0.4 is 10.1 Å². The first-order valence-corrected chi connectivity index (χ1v) is 9.27. The molecule has 0 aliphatic carbocycles. The largest absolute Gasteiger partial charge is 0.438 e. The molecule has 0 spiro atoms. The third kappa shape index (κ3) is 3.73. The molecule has 0 aliphatic rings. The predicted octanol–water partition coefficient (Wildman–Crippen LogP) is 6.06. The molecule has 3 heterocycles. The van der Waals surface area contributed by atoms with E-state index in [-0.39, 0.29) is 5.75 Å². The van der Waals surface area contributed by atoms with Crippen molar-refractivity contribution in [1.82, 2.24) is 20.2 Å². The maximum Gasteiger partial charge on any atom is 0.416 e. The van der Waals surface area contributed by atoms with Crippen molar-refractivity contribution in [3.63, 3.8) is 0 Å². The second-order valence-electron chi connectivity index (χ2n) is 6.77. The highest BCUT2D eigenvalue weighted by Gasteiger charge is 2.30. The van der Waals surface area contributed by atoms with Gasteiger partial charge in [-0.1, -0.05) is 0 Å². The van der Waals surface area contributed by atoms with Crippen LogP contribution in [0.4, 0.5) is 24.7 Å². The van der Waals surface area contributed by atoms with Crippen LogP contribution in [0.1, 0.15) is 5.56 Å². The van der Waals surface area contributed by atoms with Gasteiger partial charge < -0.3 is 10.1 Å². The van der Waals surface area contributed by atoms with Gasteiger partial charge in [0.25, 0.3) is 0 Å². The van der Waals surface area contributed by atoms with E-state index in [1.54, 1.807) is 12.4 Å². The Balaban J connectivity index is 1.42. The van der Waals surface area contributed by atoms with Crippen LogP contribution in [0.2, 0.25) is 0 Å². The van der Waals surface area contributed by atoms with Gasteiger partial charge in [0.15, 0.2) is 5.82 Å². The van der Waals surface area contributed by atoms with Crippen molar-refractivity contribution in [2.45, 2.75) is 6.18 Å². The first kappa shape index (κ1) is 18.9. The van der Waals surface area contributed by atoms with Gasteiger partial charge in [-0.05, 0) is 66.0 Å². The number of H-pyrrole nitrogens is 1. The fourth-order valence-corrected chi connectivity index (χ4v) is 3.21. The number of anilines is 2. The summed E-state index contributed by atoms with van der Waals surface area (Å²) in [4.78, 5) is 8.55. The summed E-state index contributed by atoms with van der Waals surface area (Å²) in [5, 5.41) is 12.0. The van der Waals surface area contributed by atoms with E-state index in [4.69, 9.17) is 4.74 Å². The van der Waals surface area contributed by atoms with E-state index in [0.717, 1.165) is 39.6 Å². The summed E-state index contributed by atoms with van der Waals surface area (Å²) >= 11 is 0. The summed E-state index contributed by atoms with van der Waals surface area (Å²) < 4.78 is 44.0. The first-order valence-electron chi connectivity index (χ1n) is 9.27. The Labute approximate surface area is 173 Å². The average molecular weight is 421 g/mol. The van der Waals surface area contributed by atoms with Gasteiger partial charge in [0.05, 0.1) is 11.1 Å². The lowest BCUT2D eigenvalue weighted by Crippen LogP contribution is -2.04. The van der Waals surface area contributed by atoms with Gasteiger partial charge in [-0.3, -0.25) is 10.1 Å². The molecule has 154 valence electrons. The number of nitrogens with zero attached hydrogens (tertiary/aromatic N) is 3. The van der Waals surface area contributed by atoms with Gasteiger partial charge in [0.1, 0.15) is 11.3 Å². The molecule has 2 aromatic carbocycles. The number of nitrogens with one attached hydrogen (secondary N) is 2. The summed E-state index contributed by atoms with van der Waals surface area (Å²) in [5.41, 5.74) is 1.60. The maximum atomic E-state index is 12.7. The Kier molecular flexibility index (Phi) is 4.43. The molecular weight excluding hydrogens is 407 g/mol. The van der Waals surface area contributed by atoms with E-state index in [2.05, 4.69) is 25.5 Å². The molecule has 0 amide bonds. The third-order valence-electron chi connectivity index (χ3n) is 4.71. The van der Waals surface area contributed by atoms with E-state index in [0.29, 0.717) is 11.7 Å². The van der Waals surface area contributed by atoms with Crippen molar-refractivity contribution in [2.24, 2.45) is 0 Å². The number of pyridine rings is 2. The van der Waals surface area contributed by atoms with Gasteiger partial charge in [-0.15, -0.1) is 0 Å². The average Bonchev–Trinajstić information content (AvgIpc) is 3.16. The SMILES string of the molecule is FC(F)(F)c1ccc(Oc2nccc3cc(Nc4n[nH]c5cccnc45)ccc23)cc1. The highest BCUT2D eigenvalue weighted by molar-refractivity contribution is 5.92. The molecule has 0 bridgehead atoms. The first-order chi connectivity index (χ1) is 15.0. The fraction of sp³-hybridized carbons (Fsp3) is 0.0455. The van der Waals surface area contributed by atoms with Crippen molar-refractivity contribution >= 4 is 33.3 Å². The minimum atomic E-state index is -4.39. The zero-order valence-electron chi connectivity index (χ0n) is 15.8. The van der Waals surface area contributed by atoms with Gasteiger partial charge in [-0.2, -0.15) is 18.3 Å². The molecule has 0 saturated carbocycles. The molecule has 2 N–H and O–H groups in total. The fourth-order valence-electron chi connectivity index (χ4n) is 3.21. The zero-order valence-corrected chi connectivity index (χ0v) is 15.8. The second-order valence-corrected chi connectivity index (χ2v) is 6.77. The van der Waals surface area contributed by atoms with Crippen LogP contribution in [0, 0.1) is 0 Å². The lowest BCUT2D eigenvalue weighted by atomic mass is 10.1. The smallest absolute Gasteiger partial charge is 0.416 e. The number of halogens is 3. The predicted molar refractivity (Wildman–Crippen MR) is 110 cm³/mol. The van der Waals surface area contributed by atoms with Gasteiger partial charge >= 0.3 is 6.18 Å². The summed E-state index contributed by atoms with van der Waals surface area (Å²) in [6.45, 7) is 0. The molecule has 3 aromatic heterocycles. The van der Waals surface area contributed by atoms with Crippen LogP contribution in [-0.4, -0.2) is 20.2 Å². The number of ether oxygens (including phenoxy) is 1. The number of aromatic nitrogens is 4. The number of hydrogen-bond acceptors (Lipinski definition) is 5. The van der Waals surface area contributed by atoms with Crippen LogP contribution in [0.3, 0.4) is 0 Å². The maximum absolute atomic E-state index is 12.7. The number of rotatable bonds is 4. The molecule has 5 rings (SSSR count). The molecule has 9 heteroatoms. The molecule has 0 saturated heterocycles. The molecule has 0 atom stereocenters. The van der Waals surface area contributed by atoms with E-state index < -0.39 is 11.7 Å². The topological polar surface area (TPSA) is 75.7 Å². The molecule has 0 unspecified atom stereocenters. The van der Waals surface area contributed by atoms with Gasteiger partial charge in [0, 0.05) is 23.5 Å². The van der Waals surface area contributed by atoms with E-state index >= 15 is 0 Å². The van der Waals surface area contributed by atoms with Crippen LogP contribution >= 0.6 is 0 Å². The number of benzene rings is 2. The van der Waals surface area contributed by atoms with Crippen molar-refractivity contribution in [2.75, 3.05) is 5.32 Å². The Morgan fingerprint density at radius 2 is 1.74 bits per heavy atom. The number of fused-ring (bicyclic) bond motifs is 2. The van der Waals surface area contributed by atoms with Crippen LogP contribution in [-0.2, 0) is 6.18 Å². The molecule has 0 fully saturated rings. The molecule has 31 heavy (non-hydrogen) atoms. The van der Waals surface area contributed by atoms with Crippen molar-refractivity contribution in [3.8, 4) is 11.6 Å². The summed E-state index contributed by atoms with van der Waals surface area (Å²) in [7, 11) is 0. The second kappa shape index (κ2) is 7.28. The lowest BCUT2D eigenvalue weighted by molar-refractivity contribution is -0.137. The quantitative estimate of drug-likeness (QED) is 0.369. The summed E-state index contributed by atoms with van der Waals surface area (Å²) in [5.74, 6) is 1.17. The Morgan fingerprint density at radius 3 is 2.55 bits per heavy atom. The molecular formula is C22H14F3N5O. The normalized spacial score (nSPS) is 11.7. The van der Waals surface area contributed by atoms with E-state index in [1.807, 2.05) is 36.4 Å². The van der Waals surface area contributed by atoms with Crippen molar-refractivity contribution in [1.29, 1.82) is 0 Å². The van der Waals surface area contributed by atoms with Gasteiger partial charge in [0.2, 0.25) is 5.88 Å². The third-order valence-corrected chi connectivity index (χ3v) is 4.71. The summed E-state index contributed by atoms with van der Waals surface area (Å²) in [6, 6.07) is 15.6. The Hall–Kier alpha value is -4.14. The highest BCUT2D eigenvalue weighted by Crippen LogP contribution is 2.33. The Bertz CT molecular complexity index is 1380. The monoisotopic (exact) mass is 421 g/mol. The number of alkyl halides is 3. The summed E-state index contributed by atoms with van der Waals surface area (Å²) in [6.07, 6.45) is -1.12. The molecule has 6 nitrogen and oxygen atoms in total. The molecule has 5 aromatic rings. The Morgan fingerprint density at radius 1 is 0.903 bits per heavy atom. The highest BCUT2D eigenvalue weighted by atomic mass is 19.4. The van der Waals surface area contributed by atoms with Crippen LogP contribution in [0.15, 0.2) is 73.1 Å². The van der Waals surface area contributed by atoms with Crippen molar-refractivity contribution < 1.29 is 17.9 Å². The van der Waals surface area contributed by atoms with Gasteiger partial charge in [-0.25, -0.2) is 4.98 Å². The van der Waals surface area contributed by atoms with Crippen LogP contribution in [0.5, 0.6) is 11.6 Å². The number of aromatic amines is 1. The van der Waals surface area contributed by atoms with E-state index in [9.17, 15) is 13.2 Å². The molecule has 0 radical (unpaired) electrons. The van der Waals surface area contributed by atoms with E-state index in [1.165, 1.54) is 12.1 Å². The standard InChI is InChI=1S/C22H14F3N5O/c23-22(24,25)14-3-6-16(7-4-14)31-21-17-8-5-15(12-13(17)9-11-27-21)28-20-19-18(29-30-20)2-1-10-26-19/h1-12H,(H2,28,29,30). The minimum Gasteiger partial charge on any atom is -0.438 e. The minimum absolute atomic E-state index is 0.268. The molecule has 0 aliphatic heterocycles. The zero-order chi connectivity index (χ0) is 21.4. The van der Waals surface area contributed by atoms with Crippen LogP contribution in [0.25, 0.3) is 21.8 Å². The lowest BCUT2D eigenvalue weighted by Gasteiger charge is -2.11. The van der Waals surface area contributed by atoms with Crippen molar-refractivity contribution in [3.05, 3.63) is 78.6 Å². The number of hydrogen-bond donors (Lipinski definition) is 2.